The fraction of sp³-hybridized carbons (Fsp3) is 0.500. The lowest BCUT2D eigenvalue weighted by molar-refractivity contribution is 0.155. The number of aromatic nitrogens is 3. The van der Waals surface area contributed by atoms with Crippen LogP contribution in [0.25, 0.3) is 11.6 Å². The molecule has 0 aliphatic heterocycles. The minimum Gasteiger partial charge on any atom is -0.380 e. The summed E-state index contributed by atoms with van der Waals surface area (Å²) in [4.78, 5) is 13.0. The first-order valence-electron chi connectivity index (χ1n) is 8.17. The van der Waals surface area contributed by atoms with Crippen LogP contribution < -0.4 is 10.6 Å². The summed E-state index contributed by atoms with van der Waals surface area (Å²) < 4.78 is 10.5. The Morgan fingerprint density at radius 2 is 2.21 bits per heavy atom. The predicted octanol–water partition coefficient (Wildman–Crippen LogP) is 1.27. The van der Waals surface area contributed by atoms with Crippen molar-refractivity contribution in [1.82, 2.24) is 25.8 Å². The van der Waals surface area contributed by atoms with Crippen LogP contribution in [0.4, 0.5) is 0 Å². The van der Waals surface area contributed by atoms with E-state index in [4.69, 9.17) is 9.26 Å². The Bertz CT molecular complexity index is 614. The van der Waals surface area contributed by atoms with Crippen LogP contribution in [0.1, 0.15) is 19.7 Å². The Kier molecular flexibility index (Phi) is 7.69. The maximum atomic E-state index is 5.28. The summed E-state index contributed by atoms with van der Waals surface area (Å²) in [5, 5.41) is 10.4. The number of aliphatic imine (C=N–C) groups is 1. The molecule has 8 heteroatoms. The van der Waals surface area contributed by atoms with E-state index in [-0.39, 0.29) is 0 Å². The van der Waals surface area contributed by atoms with Crippen molar-refractivity contribution in [2.24, 2.45) is 4.99 Å². The number of nitrogens with one attached hydrogen (secondary N) is 2. The molecule has 0 aromatic carbocycles. The molecular weight excluding hydrogens is 308 g/mol. The highest BCUT2D eigenvalue weighted by molar-refractivity contribution is 5.79. The molecule has 2 rings (SSSR count). The highest BCUT2D eigenvalue weighted by Gasteiger charge is 2.09. The molecule has 0 bridgehead atoms. The number of pyridine rings is 1. The summed E-state index contributed by atoms with van der Waals surface area (Å²) >= 11 is 0. The zero-order valence-electron chi connectivity index (χ0n) is 14.2. The van der Waals surface area contributed by atoms with Crippen LogP contribution in [0.5, 0.6) is 0 Å². The van der Waals surface area contributed by atoms with Gasteiger partial charge in [-0.15, -0.1) is 0 Å². The second kappa shape index (κ2) is 10.3. The third-order valence-electron chi connectivity index (χ3n) is 3.05. The highest BCUT2D eigenvalue weighted by atomic mass is 16.5. The summed E-state index contributed by atoms with van der Waals surface area (Å²) in [5.41, 5.74) is 0.676. The zero-order valence-corrected chi connectivity index (χ0v) is 14.2. The molecule has 2 aromatic heterocycles. The molecule has 0 amide bonds. The van der Waals surface area contributed by atoms with Crippen molar-refractivity contribution in [2.75, 3.05) is 32.8 Å². The lowest BCUT2D eigenvalue weighted by Crippen LogP contribution is -2.38. The van der Waals surface area contributed by atoms with E-state index in [0.29, 0.717) is 50.1 Å². The normalized spacial score (nSPS) is 11.5. The second-order valence-corrected chi connectivity index (χ2v) is 4.87. The lowest BCUT2D eigenvalue weighted by atomic mass is 10.3. The average Bonchev–Trinajstić information content (AvgIpc) is 3.08. The Hall–Kier alpha value is -2.48. The van der Waals surface area contributed by atoms with E-state index in [9.17, 15) is 0 Å². The first-order chi connectivity index (χ1) is 11.8. The molecule has 0 atom stereocenters. The number of nitrogens with zero attached hydrogens (tertiary/aromatic N) is 4. The number of hydrogen-bond donors (Lipinski definition) is 2. The number of ether oxygens (including phenoxy) is 1. The quantitative estimate of drug-likeness (QED) is 0.405. The van der Waals surface area contributed by atoms with Gasteiger partial charge < -0.3 is 19.9 Å². The van der Waals surface area contributed by atoms with E-state index in [0.717, 1.165) is 12.5 Å². The van der Waals surface area contributed by atoms with Gasteiger partial charge in [0.2, 0.25) is 0 Å². The largest absolute Gasteiger partial charge is 0.380 e. The van der Waals surface area contributed by atoms with Gasteiger partial charge in [-0.25, -0.2) is 0 Å². The highest BCUT2D eigenvalue weighted by Crippen LogP contribution is 2.12. The maximum absolute atomic E-state index is 5.28. The van der Waals surface area contributed by atoms with E-state index in [1.54, 1.807) is 6.20 Å². The summed E-state index contributed by atoms with van der Waals surface area (Å²) in [6.45, 7) is 7.39. The molecular formula is C16H24N6O2. The molecule has 130 valence electrons. The Labute approximate surface area is 141 Å². The van der Waals surface area contributed by atoms with Gasteiger partial charge in [-0.3, -0.25) is 9.98 Å². The van der Waals surface area contributed by atoms with Crippen LogP contribution in [-0.4, -0.2) is 53.9 Å². The second-order valence-electron chi connectivity index (χ2n) is 4.87. The van der Waals surface area contributed by atoms with Crippen LogP contribution in [0.2, 0.25) is 0 Å². The minimum absolute atomic E-state index is 0.433. The van der Waals surface area contributed by atoms with Gasteiger partial charge in [0.15, 0.2) is 11.8 Å². The topological polar surface area (TPSA) is 97.5 Å². The van der Waals surface area contributed by atoms with Gasteiger partial charge in [0.25, 0.3) is 5.89 Å². The van der Waals surface area contributed by atoms with Crippen molar-refractivity contribution in [1.29, 1.82) is 0 Å². The van der Waals surface area contributed by atoms with Crippen molar-refractivity contribution < 1.29 is 9.26 Å². The van der Waals surface area contributed by atoms with E-state index < -0.39 is 0 Å². The van der Waals surface area contributed by atoms with Crippen LogP contribution >= 0.6 is 0 Å². The van der Waals surface area contributed by atoms with E-state index in [1.807, 2.05) is 32.0 Å². The molecule has 0 radical (unpaired) electrons. The summed E-state index contributed by atoms with van der Waals surface area (Å²) in [6.07, 6.45) is 2.33. The van der Waals surface area contributed by atoms with Gasteiger partial charge >= 0.3 is 0 Å². The number of rotatable bonds is 9. The van der Waals surface area contributed by atoms with Crippen molar-refractivity contribution >= 4 is 5.96 Å². The van der Waals surface area contributed by atoms with Gasteiger partial charge in [0, 0.05) is 32.3 Å². The Morgan fingerprint density at radius 3 is 2.96 bits per heavy atom. The Balaban J connectivity index is 1.80. The van der Waals surface area contributed by atoms with Gasteiger partial charge in [0.1, 0.15) is 5.69 Å². The molecule has 0 saturated heterocycles. The first kappa shape index (κ1) is 17.9. The van der Waals surface area contributed by atoms with Crippen molar-refractivity contribution in [3.63, 3.8) is 0 Å². The van der Waals surface area contributed by atoms with Crippen LogP contribution in [0.3, 0.4) is 0 Å². The molecule has 2 aromatic rings. The Morgan fingerprint density at radius 1 is 1.29 bits per heavy atom. The molecule has 0 saturated carbocycles. The molecule has 0 fully saturated rings. The van der Waals surface area contributed by atoms with Gasteiger partial charge in [-0.1, -0.05) is 11.2 Å². The van der Waals surface area contributed by atoms with Crippen molar-refractivity contribution in [3.05, 3.63) is 30.2 Å². The molecule has 24 heavy (non-hydrogen) atoms. The average molecular weight is 332 g/mol. The van der Waals surface area contributed by atoms with Gasteiger partial charge in [0.05, 0.1) is 13.2 Å². The monoisotopic (exact) mass is 332 g/mol. The fourth-order valence-electron chi connectivity index (χ4n) is 1.95. The summed E-state index contributed by atoms with van der Waals surface area (Å²) in [7, 11) is 0. The van der Waals surface area contributed by atoms with Crippen molar-refractivity contribution in [3.8, 4) is 11.6 Å². The van der Waals surface area contributed by atoms with Crippen LogP contribution in [0, 0.1) is 0 Å². The van der Waals surface area contributed by atoms with Crippen LogP contribution in [0.15, 0.2) is 33.9 Å². The summed E-state index contributed by atoms with van der Waals surface area (Å²) in [6, 6.07) is 5.57. The molecule has 0 aliphatic rings. The van der Waals surface area contributed by atoms with E-state index in [2.05, 4.69) is 30.8 Å². The molecule has 8 nitrogen and oxygen atoms in total. The summed E-state index contributed by atoms with van der Waals surface area (Å²) in [5.74, 6) is 1.82. The van der Waals surface area contributed by atoms with Crippen LogP contribution in [-0.2, 0) is 11.2 Å². The lowest BCUT2D eigenvalue weighted by Gasteiger charge is -2.10. The third-order valence-corrected chi connectivity index (χ3v) is 3.05. The SMILES string of the molecule is CCNC(=NCCOCC)NCCc1noc(-c2ccccn2)n1. The van der Waals surface area contributed by atoms with Gasteiger partial charge in [-0.2, -0.15) is 4.98 Å². The smallest absolute Gasteiger partial charge is 0.276 e. The first-order valence-corrected chi connectivity index (χ1v) is 8.17. The van der Waals surface area contributed by atoms with E-state index in [1.165, 1.54) is 0 Å². The molecule has 2 N–H and O–H groups in total. The molecule has 0 aliphatic carbocycles. The number of hydrogen-bond acceptors (Lipinski definition) is 6. The van der Waals surface area contributed by atoms with Crippen molar-refractivity contribution in [2.45, 2.75) is 20.3 Å². The minimum atomic E-state index is 0.433. The number of guanidine groups is 1. The van der Waals surface area contributed by atoms with Gasteiger partial charge in [-0.05, 0) is 26.0 Å². The molecule has 0 unspecified atom stereocenters. The zero-order chi connectivity index (χ0) is 17.0. The predicted molar refractivity (Wildman–Crippen MR) is 91.7 cm³/mol. The fourth-order valence-corrected chi connectivity index (χ4v) is 1.95. The molecule has 2 heterocycles. The third kappa shape index (κ3) is 5.96. The standard InChI is InChI=1S/C16H24N6O2/c1-3-17-16(20-11-12-23-4-2)19-10-8-14-21-15(24-22-14)13-7-5-6-9-18-13/h5-7,9H,3-4,8,10-12H2,1-2H3,(H2,17,19,20). The maximum Gasteiger partial charge on any atom is 0.276 e. The molecule has 0 spiro atoms. The van der Waals surface area contributed by atoms with E-state index >= 15 is 0 Å².